The maximum atomic E-state index is 12.3. The Morgan fingerprint density at radius 1 is 1.02 bits per heavy atom. The van der Waals surface area contributed by atoms with E-state index in [0.29, 0.717) is 17.2 Å². The molecule has 0 saturated carbocycles. The van der Waals surface area contributed by atoms with Gasteiger partial charge in [0.05, 0.1) is 29.1 Å². The molecule has 10 heteroatoms. The van der Waals surface area contributed by atoms with Gasteiger partial charge in [0, 0.05) is 55.2 Å². The van der Waals surface area contributed by atoms with Crippen LogP contribution in [0.2, 0.25) is 0 Å². The molecule has 0 spiro atoms. The number of benzene rings is 2. The average molecular weight is 562 g/mol. The fraction of sp³-hybridized carbons (Fsp3) is 0.281. The Morgan fingerprint density at radius 2 is 1.86 bits per heavy atom. The number of anilines is 2. The summed E-state index contributed by atoms with van der Waals surface area (Å²) in [6.07, 6.45) is 10.0. The lowest BCUT2D eigenvalue weighted by Crippen LogP contribution is -2.48. The van der Waals surface area contributed by atoms with Crippen molar-refractivity contribution in [3.63, 3.8) is 0 Å². The lowest BCUT2D eigenvalue weighted by molar-refractivity contribution is -0.131. The number of piperidine rings is 1. The molecule has 2 aliphatic heterocycles. The number of ether oxygens (including phenoxy) is 2. The standard InChI is InChI=1S/C32H31N7O3/c1-4-31(40)39-21-6-7-22(39)13-24(12-21)42-30-15-25-27(16-33-30)34-17-35-32(25)37-20-5-10-29(19(2)11-20)41-23-8-9-28-26(14-23)36-18-38(28)3/h4-5,8-11,14-18,21-22,24H,1,6-7,12-13H2,2-3H3,(H,34,35,37). The van der Waals surface area contributed by atoms with E-state index in [0.717, 1.165) is 64.9 Å². The first kappa shape index (κ1) is 25.9. The van der Waals surface area contributed by atoms with Crippen LogP contribution < -0.4 is 14.8 Å². The van der Waals surface area contributed by atoms with Gasteiger partial charge in [-0.05, 0) is 61.7 Å². The van der Waals surface area contributed by atoms with E-state index in [4.69, 9.17) is 9.47 Å². The Hall–Kier alpha value is -4.99. The molecule has 2 unspecified atom stereocenters. The van der Waals surface area contributed by atoms with E-state index < -0.39 is 0 Å². The van der Waals surface area contributed by atoms with Crippen LogP contribution >= 0.6 is 0 Å². The number of imidazole rings is 1. The van der Waals surface area contributed by atoms with Gasteiger partial charge in [-0.25, -0.2) is 19.9 Å². The van der Waals surface area contributed by atoms with Crippen LogP contribution in [-0.2, 0) is 11.8 Å². The minimum Gasteiger partial charge on any atom is -0.474 e. The van der Waals surface area contributed by atoms with E-state index in [9.17, 15) is 4.79 Å². The van der Waals surface area contributed by atoms with Crippen LogP contribution in [0.25, 0.3) is 21.9 Å². The van der Waals surface area contributed by atoms with E-state index in [1.807, 2.05) is 65.9 Å². The van der Waals surface area contributed by atoms with Crippen molar-refractivity contribution in [1.29, 1.82) is 0 Å². The van der Waals surface area contributed by atoms with Crippen LogP contribution in [0.5, 0.6) is 17.4 Å². The summed E-state index contributed by atoms with van der Waals surface area (Å²) in [5.74, 6) is 2.69. The molecule has 2 fully saturated rings. The van der Waals surface area contributed by atoms with Crippen molar-refractivity contribution in [2.75, 3.05) is 5.32 Å². The van der Waals surface area contributed by atoms with Crippen LogP contribution in [0.3, 0.4) is 0 Å². The summed E-state index contributed by atoms with van der Waals surface area (Å²) < 4.78 is 14.5. The summed E-state index contributed by atoms with van der Waals surface area (Å²) in [5, 5.41) is 4.24. The molecular formula is C32H31N7O3. The maximum absolute atomic E-state index is 12.3. The summed E-state index contributed by atoms with van der Waals surface area (Å²) in [6.45, 7) is 5.67. The van der Waals surface area contributed by atoms with Crippen molar-refractivity contribution in [1.82, 2.24) is 29.4 Å². The molecule has 0 aliphatic carbocycles. The number of aryl methyl sites for hydroxylation is 2. The maximum Gasteiger partial charge on any atom is 0.246 e. The number of fused-ring (bicyclic) bond motifs is 4. The van der Waals surface area contributed by atoms with Crippen LogP contribution in [0, 0.1) is 6.92 Å². The van der Waals surface area contributed by atoms with Gasteiger partial charge in [-0.2, -0.15) is 0 Å². The molecule has 3 aromatic heterocycles. The molecule has 2 aromatic carbocycles. The van der Waals surface area contributed by atoms with Gasteiger partial charge in [0.25, 0.3) is 0 Å². The van der Waals surface area contributed by atoms with Crippen molar-refractivity contribution >= 4 is 39.3 Å². The highest BCUT2D eigenvalue weighted by atomic mass is 16.5. The van der Waals surface area contributed by atoms with Crippen LogP contribution in [0.15, 0.2) is 74.0 Å². The molecule has 42 heavy (non-hydrogen) atoms. The van der Waals surface area contributed by atoms with Gasteiger partial charge in [-0.3, -0.25) is 4.79 Å². The number of rotatable bonds is 7. The fourth-order valence-electron chi connectivity index (χ4n) is 6.25. The number of hydrogen-bond donors (Lipinski definition) is 1. The largest absolute Gasteiger partial charge is 0.474 e. The molecule has 5 aromatic rings. The molecule has 10 nitrogen and oxygen atoms in total. The number of amides is 1. The summed E-state index contributed by atoms with van der Waals surface area (Å²) in [4.78, 5) is 32.1. The first-order chi connectivity index (χ1) is 20.4. The third kappa shape index (κ3) is 4.78. The average Bonchev–Trinajstić information content (AvgIpc) is 3.49. The molecule has 7 rings (SSSR count). The Bertz CT molecular complexity index is 1820. The monoisotopic (exact) mass is 561 g/mol. The highest BCUT2D eigenvalue weighted by molar-refractivity contribution is 5.91. The van der Waals surface area contributed by atoms with Crippen LogP contribution in [-0.4, -0.2) is 53.5 Å². The van der Waals surface area contributed by atoms with E-state index in [2.05, 4.69) is 31.8 Å². The third-order valence-corrected chi connectivity index (χ3v) is 8.27. The molecule has 5 heterocycles. The molecule has 1 amide bonds. The second-order valence-corrected chi connectivity index (χ2v) is 11.0. The van der Waals surface area contributed by atoms with Gasteiger partial charge in [-0.1, -0.05) is 6.58 Å². The Labute approximate surface area is 243 Å². The third-order valence-electron chi connectivity index (χ3n) is 8.27. The number of pyridine rings is 1. The van der Waals surface area contributed by atoms with Crippen molar-refractivity contribution < 1.29 is 14.3 Å². The van der Waals surface area contributed by atoms with Gasteiger partial charge in [0.1, 0.15) is 29.7 Å². The van der Waals surface area contributed by atoms with Gasteiger partial charge < -0.3 is 24.3 Å². The zero-order valence-corrected chi connectivity index (χ0v) is 23.5. The molecule has 2 atom stereocenters. The number of carbonyl (C=O) groups is 1. The smallest absolute Gasteiger partial charge is 0.246 e. The van der Waals surface area contributed by atoms with E-state index in [1.54, 1.807) is 12.5 Å². The molecule has 1 N–H and O–H groups in total. The Morgan fingerprint density at radius 3 is 2.64 bits per heavy atom. The lowest BCUT2D eigenvalue weighted by Gasteiger charge is -2.38. The predicted molar refractivity (Wildman–Crippen MR) is 160 cm³/mol. The molecule has 2 aliphatic rings. The number of aromatic nitrogens is 5. The van der Waals surface area contributed by atoms with E-state index in [-0.39, 0.29) is 24.1 Å². The number of hydrogen-bond acceptors (Lipinski definition) is 8. The summed E-state index contributed by atoms with van der Waals surface area (Å²) >= 11 is 0. The minimum absolute atomic E-state index is 0.00377. The highest BCUT2D eigenvalue weighted by Gasteiger charge is 2.43. The zero-order valence-electron chi connectivity index (χ0n) is 23.5. The van der Waals surface area contributed by atoms with Crippen LogP contribution in [0.4, 0.5) is 11.5 Å². The van der Waals surface area contributed by atoms with Crippen molar-refractivity contribution in [3.05, 3.63) is 79.5 Å². The minimum atomic E-state index is -0.00377. The number of carbonyl (C=O) groups excluding carboxylic acids is 1. The summed E-state index contributed by atoms with van der Waals surface area (Å²) in [5.41, 5.74) is 4.50. The Kier molecular flexibility index (Phi) is 6.45. The van der Waals surface area contributed by atoms with Crippen LogP contribution in [0.1, 0.15) is 31.2 Å². The highest BCUT2D eigenvalue weighted by Crippen LogP contribution is 2.38. The fourth-order valence-corrected chi connectivity index (χ4v) is 6.25. The van der Waals surface area contributed by atoms with Gasteiger partial charge in [-0.15, -0.1) is 0 Å². The normalized spacial score (nSPS) is 19.7. The van der Waals surface area contributed by atoms with Gasteiger partial charge in [0.15, 0.2) is 0 Å². The molecule has 212 valence electrons. The quantitative estimate of drug-likeness (QED) is 0.247. The topological polar surface area (TPSA) is 107 Å². The number of nitrogens with zero attached hydrogens (tertiary/aromatic N) is 6. The first-order valence-corrected chi connectivity index (χ1v) is 14.1. The lowest BCUT2D eigenvalue weighted by atomic mass is 9.99. The molecule has 0 radical (unpaired) electrons. The van der Waals surface area contributed by atoms with E-state index >= 15 is 0 Å². The predicted octanol–water partition coefficient (Wildman–Crippen LogP) is 5.84. The SMILES string of the molecule is C=CC(=O)N1C2CCC1CC(Oc1cc3c(Nc4ccc(Oc5ccc6c(c5)ncn6C)c(C)c4)ncnc3cn1)C2. The summed E-state index contributed by atoms with van der Waals surface area (Å²) in [6, 6.07) is 14.1. The number of nitrogens with one attached hydrogen (secondary N) is 1. The van der Waals surface area contributed by atoms with Gasteiger partial charge >= 0.3 is 0 Å². The van der Waals surface area contributed by atoms with Gasteiger partial charge in [0.2, 0.25) is 11.8 Å². The van der Waals surface area contributed by atoms with E-state index in [1.165, 1.54) is 12.4 Å². The van der Waals surface area contributed by atoms with Crippen molar-refractivity contribution in [3.8, 4) is 17.4 Å². The molecular weight excluding hydrogens is 530 g/mol. The molecule has 2 saturated heterocycles. The summed E-state index contributed by atoms with van der Waals surface area (Å²) in [7, 11) is 1.97. The second-order valence-electron chi connectivity index (χ2n) is 11.0. The first-order valence-electron chi connectivity index (χ1n) is 14.1. The van der Waals surface area contributed by atoms with Crippen molar-refractivity contribution in [2.24, 2.45) is 7.05 Å². The van der Waals surface area contributed by atoms with Crippen molar-refractivity contribution in [2.45, 2.75) is 50.8 Å². The second kappa shape index (κ2) is 10.4. The zero-order chi connectivity index (χ0) is 28.8. The Balaban J connectivity index is 1.08. The molecule has 2 bridgehead atoms.